The van der Waals surface area contributed by atoms with Crippen LogP contribution in [0.25, 0.3) is 0 Å². The van der Waals surface area contributed by atoms with E-state index in [1.54, 1.807) is 0 Å². The van der Waals surface area contributed by atoms with E-state index in [2.05, 4.69) is 23.2 Å². The van der Waals surface area contributed by atoms with Gasteiger partial charge in [-0.3, -0.25) is 4.90 Å². The Kier molecular flexibility index (Phi) is 6.39. The number of nitriles is 1. The maximum absolute atomic E-state index is 8.81. The first kappa shape index (κ1) is 13.4. The van der Waals surface area contributed by atoms with Gasteiger partial charge in [-0.15, -0.1) is 0 Å². The second-order valence-corrected chi connectivity index (χ2v) is 4.62. The number of nitrogens with one attached hydrogen (secondary N) is 1. The SMILES string of the molecule is CCCC1CC(NCCO)CN(CC#N)C1. The zero-order chi connectivity index (χ0) is 11.8. The number of aliphatic hydroxyl groups is 1. The van der Waals surface area contributed by atoms with Gasteiger partial charge in [-0.1, -0.05) is 13.3 Å². The Morgan fingerprint density at radius 3 is 2.94 bits per heavy atom. The van der Waals surface area contributed by atoms with E-state index in [9.17, 15) is 0 Å². The number of likely N-dealkylation sites (tertiary alicyclic amines) is 1. The van der Waals surface area contributed by atoms with Gasteiger partial charge >= 0.3 is 0 Å². The topological polar surface area (TPSA) is 59.3 Å². The number of hydrogen-bond donors (Lipinski definition) is 2. The highest BCUT2D eigenvalue weighted by atomic mass is 16.3. The second kappa shape index (κ2) is 7.61. The molecule has 1 heterocycles. The molecule has 1 rings (SSSR count). The summed E-state index contributed by atoms with van der Waals surface area (Å²) < 4.78 is 0. The van der Waals surface area contributed by atoms with Crippen LogP contribution >= 0.6 is 0 Å². The molecule has 1 saturated heterocycles. The van der Waals surface area contributed by atoms with Crippen LogP contribution in [-0.2, 0) is 0 Å². The molecule has 92 valence electrons. The molecule has 1 aliphatic rings. The summed E-state index contributed by atoms with van der Waals surface area (Å²) in [5, 5.41) is 20.9. The van der Waals surface area contributed by atoms with Crippen molar-refractivity contribution in [3.63, 3.8) is 0 Å². The minimum Gasteiger partial charge on any atom is -0.395 e. The zero-order valence-corrected chi connectivity index (χ0v) is 10.2. The summed E-state index contributed by atoms with van der Waals surface area (Å²) in [7, 11) is 0. The van der Waals surface area contributed by atoms with Gasteiger partial charge in [-0.2, -0.15) is 5.26 Å². The Hall–Kier alpha value is -0.630. The highest BCUT2D eigenvalue weighted by molar-refractivity contribution is 4.87. The summed E-state index contributed by atoms with van der Waals surface area (Å²) in [6, 6.07) is 2.66. The smallest absolute Gasteiger partial charge is 0.0866 e. The first-order valence-electron chi connectivity index (χ1n) is 6.23. The van der Waals surface area contributed by atoms with E-state index in [0.717, 1.165) is 13.1 Å². The van der Waals surface area contributed by atoms with Crippen LogP contribution in [0.4, 0.5) is 0 Å². The fourth-order valence-electron chi connectivity index (χ4n) is 2.57. The standard InChI is InChI=1S/C12H23N3O/c1-2-3-11-8-12(14-5-7-16)10-15(9-11)6-4-13/h11-12,14,16H,2-3,5-10H2,1H3. The predicted octanol–water partition coefficient (Wildman–Crippen LogP) is 0.582. The number of aliphatic hydroxyl groups excluding tert-OH is 1. The van der Waals surface area contributed by atoms with Crippen LogP contribution in [0.15, 0.2) is 0 Å². The van der Waals surface area contributed by atoms with Crippen LogP contribution < -0.4 is 5.32 Å². The van der Waals surface area contributed by atoms with Gasteiger partial charge in [0.1, 0.15) is 0 Å². The Morgan fingerprint density at radius 2 is 2.31 bits per heavy atom. The molecule has 0 saturated carbocycles. The van der Waals surface area contributed by atoms with Gasteiger partial charge in [-0.25, -0.2) is 0 Å². The molecule has 0 aromatic carbocycles. The molecule has 0 radical (unpaired) electrons. The van der Waals surface area contributed by atoms with Gasteiger partial charge in [-0.05, 0) is 18.8 Å². The van der Waals surface area contributed by atoms with E-state index >= 15 is 0 Å². The van der Waals surface area contributed by atoms with Crippen LogP contribution in [0.1, 0.15) is 26.2 Å². The van der Waals surface area contributed by atoms with Gasteiger partial charge in [0.25, 0.3) is 0 Å². The van der Waals surface area contributed by atoms with E-state index in [0.29, 0.717) is 25.0 Å². The Morgan fingerprint density at radius 1 is 1.50 bits per heavy atom. The molecule has 1 aliphatic heterocycles. The summed E-state index contributed by atoms with van der Waals surface area (Å²) in [5.41, 5.74) is 0. The lowest BCUT2D eigenvalue weighted by Crippen LogP contribution is -2.49. The van der Waals surface area contributed by atoms with Crippen molar-refractivity contribution in [2.45, 2.75) is 32.2 Å². The maximum Gasteiger partial charge on any atom is 0.0866 e. The molecule has 2 unspecified atom stereocenters. The third-order valence-electron chi connectivity index (χ3n) is 3.15. The van der Waals surface area contributed by atoms with Crippen molar-refractivity contribution in [1.82, 2.24) is 10.2 Å². The minimum absolute atomic E-state index is 0.188. The highest BCUT2D eigenvalue weighted by Crippen LogP contribution is 2.20. The number of piperidine rings is 1. The van der Waals surface area contributed by atoms with Crippen LogP contribution in [0, 0.1) is 17.2 Å². The average Bonchev–Trinajstić information content (AvgIpc) is 2.27. The fraction of sp³-hybridized carbons (Fsp3) is 0.917. The Labute approximate surface area is 98.2 Å². The molecule has 0 aromatic rings. The first-order chi connectivity index (χ1) is 7.80. The maximum atomic E-state index is 8.81. The van der Waals surface area contributed by atoms with E-state index in [-0.39, 0.29) is 6.61 Å². The molecule has 0 aliphatic carbocycles. The molecule has 2 atom stereocenters. The molecule has 0 aromatic heterocycles. The summed E-state index contributed by atoms with van der Waals surface area (Å²) >= 11 is 0. The minimum atomic E-state index is 0.188. The third-order valence-corrected chi connectivity index (χ3v) is 3.15. The normalized spacial score (nSPS) is 26.6. The Bertz CT molecular complexity index is 227. The zero-order valence-electron chi connectivity index (χ0n) is 10.2. The van der Waals surface area contributed by atoms with Crippen molar-refractivity contribution in [2.75, 3.05) is 32.8 Å². The van der Waals surface area contributed by atoms with E-state index in [1.807, 2.05) is 0 Å². The van der Waals surface area contributed by atoms with Crippen molar-refractivity contribution < 1.29 is 5.11 Å². The summed E-state index contributed by atoms with van der Waals surface area (Å²) in [6.45, 7) is 5.57. The molecular weight excluding hydrogens is 202 g/mol. The molecule has 0 spiro atoms. The van der Waals surface area contributed by atoms with Crippen molar-refractivity contribution in [3.8, 4) is 6.07 Å². The van der Waals surface area contributed by atoms with E-state index < -0.39 is 0 Å². The molecule has 1 fully saturated rings. The summed E-state index contributed by atoms with van der Waals surface area (Å²) in [4.78, 5) is 2.22. The molecule has 0 amide bonds. The largest absolute Gasteiger partial charge is 0.395 e. The van der Waals surface area contributed by atoms with Crippen molar-refractivity contribution >= 4 is 0 Å². The Balaban J connectivity index is 2.42. The third kappa shape index (κ3) is 4.48. The molecule has 4 heteroatoms. The van der Waals surface area contributed by atoms with Gasteiger partial charge < -0.3 is 10.4 Å². The number of hydrogen-bond acceptors (Lipinski definition) is 4. The van der Waals surface area contributed by atoms with Gasteiger partial charge in [0.15, 0.2) is 0 Å². The summed E-state index contributed by atoms with van der Waals surface area (Å²) in [5.74, 6) is 0.697. The number of rotatable bonds is 6. The van der Waals surface area contributed by atoms with Gasteiger partial charge in [0.2, 0.25) is 0 Å². The van der Waals surface area contributed by atoms with Gasteiger partial charge in [0.05, 0.1) is 19.2 Å². The van der Waals surface area contributed by atoms with Crippen LogP contribution in [0.5, 0.6) is 0 Å². The van der Waals surface area contributed by atoms with Crippen LogP contribution in [-0.4, -0.2) is 48.8 Å². The van der Waals surface area contributed by atoms with Crippen LogP contribution in [0.2, 0.25) is 0 Å². The number of nitrogens with zero attached hydrogens (tertiary/aromatic N) is 2. The second-order valence-electron chi connectivity index (χ2n) is 4.62. The quantitative estimate of drug-likeness (QED) is 0.649. The monoisotopic (exact) mass is 225 g/mol. The summed E-state index contributed by atoms with van der Waals surface area (Å²) in [6.07, 6.45) is 3.62. The first-order valence-corrected chi connectivity index (χ1v) is 6.23. The van der Waals surface area contributed by atoms with Crippen molar-refractivity contribution in [1.29, 1.82) is 5.26 Å². The van der Waals surface area contributed by atoms with Crippen molar-refractivity contribution in [2.24, 2.45) is 5.92 Å². The average molecular weight is 225 g/mol. The molecule has 4 nitrogen and oxygen atoms in total. The van der Waals surface area contributed by atoms with Gasteiger partial charge in [0, 0.05) is 25.7 Å². The molecule has 2 N–H and O–H groups in total. The molecule has 16 heavy (non-hydrogen) atoms. The molecular formula is C12H23N3O. The lowest BCUT2D eigenvalue weighted by Gasteiger charge is -2.37. The lowest BCUT2D eigenvalue weighted by molar-refractivity contribution is 0.145. The van der Waals surface area contributed by atoms with Crippen LogP contribution in [0.3, 0.4) is 0 Å². The fourth-order valence-corrected chi connectivity index (χ4v) is 2.57. The highest BCUT2D eigenvalue weighted by Gasteiger charge is 2.25. The molecule has 0 bridgehead atoms. The van der Waals surface area contributed by atoms with Crippen molar-refractivity contribution in [3.05, 3.63) is 0 Å². The lowest BCUT2D eigenvalue weighted by atomic mass is 9.90. The van der Waals surface area contributed by atoms with E-state index in [1.165, 1.54) is 19.3 Å². The van der Waals surface area contributed by atoms with E-state index in [4.69, 9.17) is 10.4 Å². The predicted molar refractivity (Wildman–Crippen MR) is 63.9 cm³/mol.